The molecular formula is C28H20F6N2OS. The lowest BCUT2D eigenvalue weighted by atomic mass is 10.0. The van der Waals surface area contributed by atoms with E-state index in [1.807, 2.05) is 42.5 Å². The van der Waals surface area contributed by atoms with Crippen LogP contribution in [0.15, 0.2) is 82.7 Å². The summed E-state index contributed by atoms with van der Waals surface area (Å²) in [6.07, 6.45) is -6.35. The number of benzene rings is 3. The molecule has 0 saturated heterocycles. The minimum Gasteiger partial charge on any atom is -0.489 e. The third-order valence-corrected chi connectivity index (χ3v) is 6.87. The molecule has 0 radical (unpaired) electrons. The summed E-state index contributed by atoms with van der Waals surface area (Å²) < 4.78 is 88.6. The van der Waals surface area contributed by atoms with Crippen molar-refractivity contribution in [3.8, 4) is 5.75 Å². The molecule has 0 unspecified atom stereocenters. The molecule has 1 aromatic heterocycles. The standard InChI is InChI=1S/C28H20F6N2OS/c29-27(30,31)21-7-6-19(25(12-21)28(32,33)34)15-36-22(13-24-14-35-17-38-24)10-20-11-23(8-9-26(20)36)37-16-18-4-2-1-3-5-18/h1-14H,15-17H2/b24-13+. The van der Waals surface area contributed by atoms with Crippen molar-refractivity contribution in [3.05, 3.63) is 106 Å². The molecule has 2 heterocycles. The minimum atomic E-state index is -4.95. The van der Waals surface area contributed by atoms with Crippen LogP contribution in [0.2, 0.25) is 0 Å². The lowest BCUT2D eigenvalue weighted by Gasteiger charge is -2.18. The monoisotopic (exact) mass is 546 g/mol. The maximum absolute atomic E-state index is 13.8. The van der Waals surface area contributed by atoms with Crippen LogP contribution in [-0.4, -0.2) is 16.7 Å². The second-order valence-corrected chi connectivity index (χ2v) is 9.67. The average Bonchev–Trinajstić information content (AvgIpc) is 3.50. The predicted molar refractivity (Wildman–Crippen MR) is 137 cm³/mol. The number of alkyl halides is 6. The van der Waals surface area contributed by atoms with E-state index in [0.29, 0.717) is 35.5 Å². The first kappa shape index (κ1) is 26.0. The van der Waals surface area contributed by atoms with E-state index in [1.54, 1.807) is 29.0 Å². The van der Waals surface area contributed by atoms with Gasteiger partial charge in [0.1, 0.15) is 12.4 Å². The number of hydrogen-bond donors (Lipinski definition) is 0. The highest BCUT2D eigenvalue weighted by atomic mass is 32.2. The van der Waals surface area contributed by atoms with E-state index in [-0.39, 0.29) is 18.2 Å². The Balaban J connectivity index is 1.55. The SMILES string of the molecule is FC(F)(F)c1ccc(Cn2c(/C=C3\C=NCS3)cc3cc(OCc4ccccc4)ccc32)c(C(F)(F)F)c1. The van der Waals surface area contributed by atoms with Crippen LogP contribution in [0.1, 0.15) is 27.9 Å². The van der Waals surface area contributed by atoms with Gasteiger partial charge in [-0.3, -0.25) is 4.99 Å². The Morgan fingerprint density at radius 2 is 1.68 bits per heavy atom. The lowest BCUT2D eigenvalue weighted by molar-refractivity contribution is -0.143. The third-order valence-electron chi connectivity index (χ3n) is 6.04. The first-order valence-corrected chi connectivity index (χ1v) is 12.5. The predicted octanol–water partition coefficient (Wildman–Crippen LogP) is 8.42. The van der Waals surface area contributed by atoms with Gasteiger partial charge in [-0.15, -0.1) is 11.8 Å². The van der Waals surface area contributed by atoms with Crippen molar-refractivity contribution in [1.29, 1.82) is 0 Å². The van der Waals surface area contributed by atoms with Gasteiger partial charge in [0.25, 0.3) is 0 Å². The summed E-state index contributed by atoms with van der Waals surface area (Å²) in [7, 11) is 0. The van der Waals surface area contributed by atoms with Gasteiger partial charge < -0.3 is 9.30 Å². The number of allylic oxidation sites excluding steroid dienone is 1. The Kier molecular flexibility index (Phi) is 7.00. The number of fused-ring (bicyclic) bond motifs is 1. The molecule has 0 N–H and O–H groups in total. The smallest absolute Gasteiger partial charge is 0.416 e. The number of aromatic nitrogens is 1. The van der Waals surface area contributed by atoms with E-state index in [1.165, 1.54) is 11.8 Å². The third kappa shape index (κ3) is 5.75. The molecule has 0 atom stereocenters. The highest BCUT2D eigenvalue weighted by Gasteiger charge is 2.38. The van der Waals surface area contributed by atoms with Gasteiger partial charge in [0.05, 0.1) is 17.0 Å². The van der Waals surface area contributed by atoms with E-state index in [4.69, 9.17) is 4.74 Å². The summed E-state index contributed by atoms with van der Waals surface area (Å²) in [5.74, 6) is 1.13. The molecule has 0 fully saturated rings. The molecule has 0 bridgehead atoms. The summed E-state index contributed by atoms with van der Waals surface area (Å²) in [6, 6.07) is 18.4. The van der Waals surface area contributed by atoms with Gasteiger partial charge in [0.15, 0.2) is 0 Å². The number of rotatable bonds is 6. The fourth-order valence-corrected chi connectivity index (χ4v) is 4.87. The largest absolute Gasteiger partial charge is 0.489 e. The molecule has 4 aromatic rings. The average molecular weight is 547 g/mol. The number of hydrogen-bond acceptors (Lipinski definition) is 3. The molecule has 5 rings (SSSR count). The topological polar surface area (TPSA) is 26.5 Å². The molecule has 1 aliphatic heterocycles. The number of thioether (sulfide) groups is 1. The maximum atomic E-state index is 13.8. The molecule has 0 spiro atoms. The zero-order valence-electron chi connectivity index (χ0n) is 19.7. The van der Waals surface area contributed by atoms with Crippen LogP contribution in [0, 0.1) is 0 Å². The summed E-state index contributed by atoms with van der Waals surface area (Å²) in [5, 5.41) is 0.725. The molecule has 38 heavy (non-hydrogen) atoms. The first-order valence-electron chi connectivity index (χ1n) is 11.5. The Bertz CT molecular complexity index is 1520. The number of nitrogens with zero attached hydrogens (tertiary/aromatic N) is 2. The van der Waals surface area contributed by atoms with Crippen LogP contribution in [0.3, 0.4) is 0 Å². The quantitative estimate of drug-likeness (QED) is 0.227. The Hall–Kier alpha value is -3.66. The summed E-state index contributed by atoms with van der Waals surface area (Å²) in [4.78, 5) is 4.99. The first-order chi connectivity index (χ1) is 18.1. The molecule has 0 aliphatic carbocycles. The molecule has 3 aromatic carbocycles. The van der Waals surface area contributed by atoms with Crippen molar-refractivity contribution < 1.29 is 31.1 Å². The van der Waals surface area contributed by atoms with Crippen molar-refractivity contribution in [1.82, 2.24) is 4.57 Å². The minimum absolute atomic E-state index is 0.175. The summed E-state index contributed by atoms with van der Waals surface area (Å²) in [5.41, 5.74) is -0.713. The number of halogens is 6. The number of ether oxygens (including phenoxy) is 1. The molecule has 10 heteroatoms. The van der Waals surface area contributed by atoms with Gasteiger partial charge in [0, 0.05) is 34.3 Å². The van der Waals surface area contributed by atoms with Crippen LogP contribution in [0.4, 0.5) is 26.3 Å². The van der Waals surface area contributed by atoms with Crippen molar-refractivity contribution in [2.75, 3.05) is 5.88 Å². The zero-order valence-corrected chi connectivity index (χ0v) is 20.5. The molecule has 3 nitrogen and oxygen atoms in total. The summed E-state index contributed by atoms with van der Waals surface area (Å²) >= 11 is 1.48. The van der Waals surface area contributed by atoms with Gasteiger partial charge in [-0.2, -0.15) is 26.3 Å². The van der Waals surface area contributed by atoms with Crippen LogP contribution < -0.4 is 4.74 Å². The van der Waals surface area contributed by atoms with Gasteiger partial charge in [0.2, 0.25) is 0 Å². The zero-order chi connectivity index (χ0) is 26.9. The Morgan fingerprint density at radius 3 is 2.37 bits per heavy atom. The van der Waals surface area contributed by atoms with Crippen molar-refractivity contribution in [3.63, 3.8) is 0 Å². The second kappa shape index (κ2) is 10.2. The van der Waals surface area contributed by atoms with E-state index in [0.717, 1.165) is 21.9 Å². The van der Waals surface area contributed by atoms with Crippen molar-refractivity contribution >= 4 is 35.0 Å². The van der Waals surface area contributed by atoms with Crippen molar-refractivity contribution in [2.24, 2.45) is 4.99 Å². The van der Waals surface area contributed by atoms with Crippen LogP contribution >= 0.6 is 11.8 Å². The Labute approximate surface area is 218 Å². The highest BCUT2D eigenvalue weighted by molar-refractivity contribution is 8.04. The van der Waals surface area contributed by atoms with E-state index in [2.05, 4.69) is 4.99 Å². The summed E-state index contributed by atoms with van der Waals surface area (Å²) in [6.45, 7) is 0.0686. The van der Waals surface area contributed by atoms with E-state index in [9.17, 15) is 26.3 Å². The molecule has 196 valence electrons. The van der Waals surface area contributed by atoms with Crippen LogP contribution in [0.5, 0.6) is 5.75 Å². The molecular weight excluding hydrogens is 526 g/mol. The fraction of sp³-hybridized carbons (Fsp3) is 0.179. The van der Waals surface area contributed by atoms with Crippen LogP contribution in [0.25, 0.3) is 17.0 Å². The normalized spacial score (nSPS) is 15.1. The number of aliphatic imine (C=N–C) groups is 1. The van der Waals surface area contributed by atoms with Crippen LogP contribution in [-0.2, 0) is 25.5 Å². The van der Waals surface area contributed by atoms with Gasteiger partial charge in [-0.1, -0.05) is 36.4 Å². The highest BCUT2D eigenvalue weighted by Crippen LogP contribution is 2.38. The molecule has 1 aliphatic rings. The van der Waals surface area contributed by atoms with Gasteiger partial charge >= 0.3 is 12.4 Å². The maximum Gasteiger partial charge on any atom is 0.416 e. The van der Waals surface area contributed by atoms with Gasteiger partial charge in [-0.05, 0) is 53.6 Å². The van der Waals surface area contributed by atoms with Crippen molar-refractivity contribution in [2.45, 2.75) is 25.5 Å². The molecule has 0 amide bonds. The van der Waals surface area contributed by atoms with E-state index < -0.39 is 23.5 Å². The second-order valence-electron chi connectivity index (χ2n) is 8.65. The fourth-order valence-electron chi connectivity index (χ4n) is 4.22. The lowest BCUT2D eigenvalue weighted by Crippen LogP contribution is -2.15. The van der Waals surface area contributed by atoms with Gasteiger partial charge in [-0.25, -0.2) is 0 Å². The molecule has 0 saturated carbocycles. The Morgan fingerprint density at radius 1 is 0.895 bits per heavy atom. The van der Waals surface area contributed by atoms with E-state index >= 15 is 0 Å².